The number of nitriles is 1. The topological polar surface area (TPSA) is 114 Å². The van der Waals surface area contributed by atoms with Gasteiger partial charge in [-0.25, -0.2) is 9.31 Å². The van der Waals surface area contributed by atoms with Gasteiger partial charge in [-0.05, 0) is 62.6 Å². The minimum atomic E-state index is -0.545. The van der Waals surface area contributed by atoms with Gasteiger partial charge in [0.1, 0.15) is 17.6 Å². The molecule has 5 rings (SSSR count). The monoisotopic (exact) mass is 520 g/mol. The van der Waals surface area contributed by atoms with E-state index in [1.807, 2.05) is 67.6 Å². The average Bonchev–Trinajstić information content (AvgIpc) is 3.28. The Morgan fingerprint density at radius 2 is 1.97 bits per heavy atom. The maximum atomic E-state index is 12.5. The smallest absolute Gasteiger partial charge is 0.411 e. The maximum absolute atomic E-state index is 12.5. The van der Waals surface area contributed by atoms with Gasteiger partial charge in [-0.1, -0.05) is 24.3 Å². The van der Waals surface area contributed by atoms with Crippen molar-refractivity contribution in [2.45, 2.75) is 32.6 Å². The quantitative estimate of drug-likeness (QED) is 0.255. The molecule has 1 amide bonds. The lowest BCUT2D eigenvalue weighted by Crippen LogP contribution is -2.15. The predicted molar refractivity (Wildman–Crippen MR) is 148 cm³/mol. The second kappa shape index (κ2) is 12.0. The molecule has 4 aromatic rings. The van der Waals surface area contributed by atoms with Gasteiger partial charge in [-0.2, -0.15) is 10.4 Å². The number of amides is 1. The van der Waals surface area contributed by atoms with Crippen molar-refractivity contribution in [3.63, 3.8) is 0 Å². The van der Waals surface area contributed by atoms with Crippen molar-refractivity contribution in [1.82, 2.24) is 14.6 Å². The molecule has 196 valence electrons. The summed E-state index contributed by atoms with van der Waals surface area (Å²) in [5.41, 5.74) is 4.98. The molecule has 0 fully saturated rings. The highest BCUT2D eigenvalue weighted by Crippen LogP contribution is 2.32. The number of hydrogen-bond donors (Lipinski definition) is 2. The molecule has 1 aliphatic rings. The van der Waals surface area contributed by atoms with Crippen LogP contribution < -0.4 is 15.4 Å². The normalized spacial score (nSPS) is 12.7. The molecular weight excluding hydrogens is 492 g/mol. The van der Waals surface area contributed by atoms with Gasteiger partial charge >= 0.3 is 6.09 Å². The van der Waals surface area contributed by atoms with Gasteiger partial charge in [0.25, 0.3) is 0 Å². The maximum Gasteiger partial charge on any atom is 0.411 e. The van der Waals surface area contributed by atoms with Gasteiger partial charge in [-0.15, -0.1) is 0 Å². The number of pyridine rings is 1. The zero-order chi connectivity index (χ0) is 27.0. The minimum absolute atomic E-state index is 0.274. The van der Waals surface area contributed by atoms with Crippen molar-refractivity contribution in [2.24, 2.45) is 0 Å². The molecule has 0 spiro atoms. The Morgan fingerprint density at radius 1 is 1.13 bits per heavy atom. The molecule has 0 aliphatic heterocycles. The van der Waals surface area contributed by atoms with E-state index < -0.39 is 6.09 Å². The molecule has 0 saturated carbocycles. The molecule has 3 heterocycles. The minimum Gasteiger partial charge on any atom is -0.462 e. The number of allylic oxidation sites excluding steroid dienone is 4. The Hall–Kier alpha value is -5.10. The number of aryl methyl sites for hydroxylation is 2. The largest absolute Gasteiger partial charge is 0.462 e. The molecule has 0 atom stereocenters. The Morgan fingerprint density at radius 3 is 2.72 bits per heavy atom. The van der Waals surface area contributed by atoms with E-state index in [2.05, 4.69) is 26.8 Å². The van der Waals surface area contributed by atoms with Crippen molar-refractivity contribution >= 4 is 23.0 Å². The molecule has 1 aromatic carbocycles. The Balaban J connectivity index is 1.27. The van der Waals surface area contributed by atoms with Crippen LogP contribution in [-0.4, -0.2) is 27.3 Å². The molecule has 0 saturated heterocycles. The number of benzene rings is 1. The molecule has 3 aromatic heterocycles. The van der Waals surface area contributed by atoms with Crippen molar-refractivity contribution in [2.75, 3.05) is 17.2 Å². The number of anilines is 2. The first-order chi connectivity index (χ1) is 19.1. The predicted octanol–water partition coefficient (Wildman–Crippen LogP) is 6.14. The second-order valence-electron chi connectivity index (χ2n) is 9.06. The zero-order valence-electron chi connectivity index (χ0n) is 21.6. The van der Waals surface area contributed by atoms with E-state index in [0.717, 1.165) is 41.3 Å². The van der Waals surface area contributed by atoms with Crippen LogP contribution in [0.3, 0.4) is 0 Å². The van der Waals surface area contributed by atoms with E-state index in [1.54, 1.807) is 16.9 Å². The molecule has 2 N–H and O–H groups in total. The summed E-state index contributed by atoms with van der Waals surface area (Å²) in [6, 6.07) is 17.6. The molecular formula is C30H28N6O3. The lowest BCUT2D eigenvalue weighted by Gasteiger charge is -2.18. The fourth-order valence-electron chi connectivity index (χ4n) is 4.34. The fraction of sp³-hybridized carbons (Fsp3) is 0.200. The summed E-state index contributed by atoms with van der Waals surface area (Å²) in [6.07, 6.45) is 11.2. The Kier molecular flexibility index (Phi) is 7.84. The van der Waals surface area contributed by atoms with Gasteiger partial charge in [0, 0.05) is 29.6 Å². The van der Waals surface area contributed by atoms with Gasteiger partial charge in [0.15, 0.2) is 0 Å². The number of carbonyl (C=O) groups excluding carboxylic acids is 1. The van der Waals surface area contributed by atoms with Crippen LogP contribution >= 0.6 is 0 Å². The van der Waals surface area contributed by atoms with Crippen LogP contribution in [-0.2, 0) is 11.2 Å². The highest BCUT2D eigenvalue weighted by Gasteiger charge is 2.19. The first-order valence-corrected chi connectivity index (χ1v) is 12.7. The number of hydrogen-bond acceptors (Lipinski definition) is 7. The van der Waals surface area contributed by atoms with Crippen molar-refractivity contribution in [1.29, 1.82) is 5.26 Å². The summed E-state index contributed by atoms with van der Waals surface area (Å²) in [4.78, 5) is 16.7. The summed E-state index contributed by atoms with van der Waals surface area (Å²) < 4.78 is 13.0. The Labute approximate surface area is 226 Å². The highest BCUT2D eigenvalue weighted by molar-refractivity contribution is 5.92. The van der Waals surface area contributed by atoms with Crippen LogP contribution in [0.25, 0.3) is 5.52 Å². The second-order valence-corrected chi connectivity index (χ2v) is 9.06. The average molecular weight is 521 g/mol. The van der Waals surface area contributed by atoms with E-state index in [0.29, 0.717) is 35.3 Å². The number of rotatable bonds is 9. The van der Waals surface area contributed by atoms with Crippen LogP contribution in [0.15, 0.2) is 90.7 Å². The molecule has 39 heavy (non-hydrogen) atoms. The van der Waals surface area contributed by atoms with Crippen molar-refractivity contribution in [3.05, 3.63) is 108 Å². The van der Waals surface area contributed by atoms with Crippen LogP contribution in [0.2, 0.25) is 0 Å². The first-order valence-electron chi connectivity index (χ1n) is 12.7. The van der Waals surface area contributed by atoms with Crippen LogP contribution in [0.1, 0.15) is 36.1 Å². The highest BCUT2D eigenvalue weighted by atomic mass is 16.5. The lowest BCUT2D eigenvalue weighted by molar-refractivity contribution is 0.160. The van der Waals surface area contributed by atoms with Crippen molar-refractivity contribution in [3.8, 4) is 11.8 Å². The van der Waals surface area contributed by atoms with E-state index >= 15 is 0 Å². The third-order valence-corrected chi connectivity index (χ3v) is 6.34. The van der Waals surface area contributed by atoms with Crippen molar-refractivity contribution < 1.29 is 14.3 Å². The SMILES string of the molecule is Cc1c(NC(=O)OCCCc2ccccn2)cn2ncc(C#N)c(NC3=CC=C(Oc4ccccc4)CC3)c12. The molecule has 0 radical (unpaired) electrons. The van der Waals surface area contributed by atoms with Crippen LogP contribution in [0, 0.1) is 18.3 Å². The summed E-state index contributed by atoms with van der Waals surface area (Å²) in [5.74, 6) is 1.67. The number of carbonyl (C=O) groups is 1. The van der Waals surface area contributed by atoms with E-state index in [1.165, 1.54) is 6.20 Å². The third kappa shape index (κ3) is 6.25. The first kappa shape index (κ1) is 25.5. The lowest BCUT2D eigenvalue weighted by atomic mass is 10.1. The molecule has 9 heteroatoms. The molecule has 1 aliphatic carbocycles. The van der Waals surface area contributed by atoms with Gasteiger partial charge in [0.2, 0.25) is 0 Å². The number of nitrogens with one attached hydrogen (secondary N) is 2. The zero-order valence-corrected chi connectivity index (χ0v) is 21.6. The van der Waals surface area contributed by atoms with Crippen LogP contribution in [0.4, 0.5) is 16.2 Å². The third-order valence-electron chi connectivity index (χ3n) is 6.34. The van der Waals surface area contributed by atoms with E-state index in [4.69, 9.17) is 9.47 Å². The van der Waals surface area contributed by atoms with E-state index in [9.17, 15) is 10.1 Å². The number of para-hydroxylation sites is 1. The molecule has 0 bridgehead atoms. The Bertz CT molecular complexity index is 1570. The van der Waals surface area contributed by atoms with E-state index in [-0.39, 0.29) is 6.61 Å². The van der Waals surface area contributed by atoms with Gasteiger partial charge < -0.3 is 14.8 Å². The summed E-state index contributed by atoms with van der Waals surface area (Å²) in [5, 5.41) is 20.4. The number of ether oxygens (including phenoxy) is 2. The van der Waals surface area contributed by atoms with Gasteiger partial charge in [0.05, 0.1) is 41.5 Å². The summed E-state index contributed by atoms with van der Waals surface area (Å²) in [7, 11) is 0. The number of fused-ring (bicyclic) bond motifs is 1. The molecule has 0 unspecified atom stereocenters. The van der Waals surface area contributed by atoms with Crippen LogP contribution in [0.5, 0.6) is 5.75 Å². The summed E-state index contributed by atoms with van der Waals surface area (Å²) >= 11 is 0. The number of nitrogens with zero attached hydrogens (tertiary/aromatic N) is 4. The molecule has 9 nitrogen and oxygen atoms in total. The van der Waals surface area contributed by atoms with Gasteiger partial charge in [-0.3, -0.25) is 10.3 Å². The number of aromatic nitrogens is 3. The standard InChI is InChI=1S/C30H28N6O3/c1-21-27(35-30(37)38-17-7-9-23-8-5-6-16-32-23)20-36-29(21)28(22(18-31)19-33-36)34-24-12-14-26(15-13-24)39-25-10-3-2-4-11-25/h2-6,8,10-12,14,16,19-20,34H,7,9,13,15,17H2,1H3,(H,35,37). The fourth-order valence-corrected chi connectivity index (χ4v) is 4.34. The summed E-state index contributed by atoms with van der Waals surface area (Å²) in [6.45, 7) is 2.15.